The van der Waals surface area contributed by atoms with Crippen LogP contribution in [0.3, 0.4) is 0 Å². The van der Waals surface area contributed by atoms with Crippen molar-refractivity contribution in [3.63, 3.8) is 0 Å². The maximum atomic E-state index is 11.8. The van der Waals surface area contributed by atoms with Gasteiger partial charge in [-0.15, -0.1) is 0 Å². The predicted molar refractivity (Wildman–Crippen MR) is 57.3 cm³/mol. The molecule has 1 fully saturated rings. The van der Waals surface area contributed by atoms with Crippen LogP contribution in [0.2, 0.25) is 0 Å². The van der Waals surface area contributed by atoms with Gasteiger partial charge >= 0.3 is 0 Å². The Kier molecular flexibility index (Phi) is 2.73. The fourth-order valence-electron chi connectivity index (χ4n) is 1.95. The molecule has 0 radical (unpaired) electrons. The number of anilines is 1. The molecular formula is C10H16N4O. The van der Waals surface area contributed by atoms with E-state index in [1.807, 2.05) is 6.92 Å². The molecule has 82 valence electrons. The molecule has 2 atom stereocenters. The van der Waals surface area contributed by atoms with E-state index >= 15 is 0 Å². The molecule has 0 aromatic carbocycles. The molecule has 0 saturated heterocycles. The smallest absolute Gasteiger partial charge is 0.228 e. The van der Waals surface area contributed by atoms with Gasteiger partial charge in [-0.25, -0.2) is 0 Å². The van der Waals surface area contributed by atoms with Crippen LogP contribution in [0.5, 0.6) is 0 Å². The summed E-state index contributed by atoms with van der Waals surface area (Å²) in [7, 11) is 0. The van der Waals surface area contributed by atoms with Crippen LogP contribution in [0, 0.1) is 12.8 Å². The van der Waals surface area contributed by atoms with E-state index in [1.54, 1.807) is 6.20 Å². The largest absolute Gasteiger partial charge is 0.328 e. The first-order valence-electron chi connectivity index (χ1n) is 5.23. The van der Waals surface area contributed by atoms with Crippen LogP contribution in [0.15, 0.2) is 6.20 Å². The number of carbonyl (C=O) groups is 1. The summed E-state index contributed by atoms with van der Waals surface area (Å²) in [5.41, 5.74) is 6.72. The quantitative estimate of drug-likeness (QED) is 0.671. The monoisotopic (exact) mass is 208 g/mol. The fourth-order valence-corrected chi connectivity index (χ4v) is 1.95. The minimum absolute atomic E-state index is 0.0512. The number of carbonyl (C=O) groups excluding carboxylic acids is 1. The summed E-state index contributed by atoms with van der Waals surface area (Å²) in [5.74, 6) is 0.804. The second-order valence-corrected chi connectivity index (χ2v) is 4.19. The summed E-state index contributed by atoms with van der Waals surface area (Å²) in [4.78, 5) is 11.8. The van der Waals surface area contributed by atoms with Gasteiger partial charge in [0.15, 0.2) is 0 Å². The van der Waals surface area contributed by atoms with Crippen LogP contribution in [0.25, 0.3) is 0 Å². The highest BCUT2D eigenvalue weighted by atomic mass is 16.2. The molecular weight excluding hydrogens is 192 g/mol. The standard InChI is InChI=1S/C10H16N4O/c1-6-5-12-14-9(6)13-10(15)7-2-3-8(11)4-7/h5,7-8H,2-4,11H2,1H3,(H2,12,13,14,15). The third kappa shape index (κ3) is 2.18. The van der Waals surface area contributed by atoms with Crippen molar-refractivity contribution in [2.45, 2.75) is 32.2 Å². The minimum Gasteiger partial charge on any atom is -0.328 e. The topological polar surface area (TPSA) is 83.8 Å². The van der Waals surface area contributed by atoms with Crippen molar-refractivity contribution in [3.8, 4) is 0 Å². The highest BCUT2D eigenvalue weighted by Crippen LogP contribution is 2.25. The number of nitrogens with one attached hydrogen (secondary N) is 2. The van der Waals surface area contributed by atoms with E-state index in [-0.39, 0.29) is 17.9 Å². The number of rotatable bonds is 2. The van der Waals surface area contributed by atoms with Gasteiger partial charge in [0, 0.05) is 17.5 Å². The molecule has 0 aliphatic heterocycles. The summed E-state index contributed by atoms with van der Waals surface area (Å²) in [6.07, 6.45) is 4.31. The molecule has 2 unspecified atom stereocenters. The lowest BCUT2D eigenvalue weighted by Crippen LogP contribution is -2.23. The summed E-state index contributed by atoms with van der Waals surface area (Å²) < 4.78 is 0. The zero-order valence-corrected chi connectivity index (χ0v) is 8.79. The number of aryl methyl sites for hydroxylation is 1. The van der Waals surface area contributed by atoms with Crippen LogP contribution >= 0.6 is 0 Å². The van der Waals surface area contributed by atoms with Crippen molar-refractivity contribution in [2.75, 3.05) is 5.32 Å². The Balaban J connectivity index is 1.95. The van der Waals surface area contributed by atoms with Crippen LogP contribution < -0.4 is 11.1 Å². The normalized spacial score (nSPS) is 25.5. The highest BCUT2D eigenvalue weighted by Gasteiger charge is 2.28. The molecule has 1 aliphatic carbocycles. The SMILES string of the molecule is Cc1cn[nH]c1NC(=O)C1CCC(N)C1. The molecule has 4 N–H and O–H groups in total. The van der Waals surface area contributed by atoms with E-state index in [1.165, 1.54) is 0 Å². The van der Waals surface area contributed by atoms with Gasteiger partial charge in [0.05, 0.1) is 6.20 Å². The van der Waals surface area contributed by atoms with Gasteiger partial charge < -0.3 is 11.1 Å². The molecule has 15 heavy (non-hydrogen) atoms. The lowest BCUT2D eigenvalue weighted by atomic mass is 10.1. The van der Waals surface area contributed by atoms with E-state index in [9.17, 15) is 4.79 Å². The van der Waals surface area contributed by atoms with E-state index in [2.05, 4.69) is 15.5 Å². The predicted octanol–water partition coefficient (Wildman–Crippen LogP) is 0.784. The Morgan fingerprint density at radius 3 is 3.00 bits per heavy atom. The van der Waals surface area contributed by atoms with Gasteiger partial charge in [-0.2, -0.15) is 5.10 Å². The third-order valence-corrected chi connectivity index (χ3v) is 2.92. The molecule has 1 aromatic rings. The van der Waals surface area contributed by atoms with Crippen molar-refractivity contribution in [2.24, 2.45) is 11.7 Å². The van der Waals surface area contributed by atoms with Gasteiger partial charge in [-0.1, -0.05) is 0 Å². The molecule has 0 spiro atoms. The molecule has 1 aromatic heterocycles. The van der Waals surface area contributed by atoms with E-state index in [0.717, 1.165) is 24.8 Å². The second kappa shape index (κ2) is 4.02. The van der Waals surface area contributed by atoms with Crippen LogP contribution in [-0.4, -0.2) is 22.1 Å². The first-order chi connectivity index (χ1) is 7.16. The van der Waals surface area contributed by atoms with Crippen LogP contribution in [0.1, 0.15) is 24.8 Å². The maximum Gasteiger partial charge on any atom is 0.228 e. The number of nitrogens with zero attached hydrogens (tertiary/aromatic N) is 1. The molecule has 2 rings (SSSR count). The summed E-state index contributed by atoms with van der Waals surface area (Å²) in [6, 6.07) is 0.184. The van der Waals surface area contributed by atoms with E-state index < -0.39 is 0 Å². The van der Waals surface area contributed by atoms with Gasteiger partial charge in [0.25, 0.3) is 0 Å². The van der Waals surface area contributed by atoms with Gasteiger partial charge in [-0.3, -0.25) is 9.89 Å². The number of nitrogens with two attached hydrogens (primary N) is 1. The molecule has 1 heterocycles. The van der Waals surface area contributed by atoms with Gasteiger partial charge in [-0.05, 0) is 26.2 Å². The number of H-pyrrole nitrogens is 1. The Morgan fingerprint density at radius 1 is 1.67 bits per heavy atom. The van der Waals surface area contributed by atoms with Crippen molar-refractivity contribution in [1.29, 1.82) is 0 Å². The first kappa shape index (κ1) is 10.2. The third-order valence-electron chi connectivity index (χ3n) is 2.92. The number of amides is 1. The Labute approximate surface area is 88.4 Å². The Hall–Kier alpha value is -1.36. The molecule has 1 amide bonds. The van der Waals surface area contributed by atoms with E-state index in [0.29, 0.717) is 5.82 Å². The first-order valence-corrected chi connectivity index (χ1v) is 5.23. The van der Waals surface area contributed by atoms with Crippen molar-refractivity contribution in [1.82, 2.24) is 10.2 Å². The van der Waals surface area contributed by atoms with Crippen molar-refractivity contribution in [3.05, 3.63) is 11.8 Å². The average Bonchev–Trinajstić information content (AvgIpc) is 2.77. The molecule has 5 nitrogen and oxygen atoms in total. The lowest BCUT2D eigenvalue weighted by Gasteiger charge is -2.09. The average molecular weight is 208 g/mol. The number of hydrogen-bond acceptors (Lipinski definition) is 3. The van der Waals surface area contributed by atoms with Gasteiger partial charge in [0.1, 0.15) is 5.82 Å². The number of aromatic nitrogens is 2. The van der Waals surface area contributed by atoms with E-state index in [4.69, 9.17) is 5.73 Å². The molecule has 1 saturated carbocycles. The van der Waals surface area contributed by atoms with Crippen LogP contribution in [0.4, 0.5) is 5.82 Å². The van der Waals surface area contributed by atoms with Crippen LogP contribution in [-0.2, 0) is 4.79 Å². The molecule has 0 bridgehead atoms. The Morgan fingerprint density at radius 2 is 2.47 bits per heavy atom. The highest BCUT2D eigenvalue weighted by molar-refractivity contribution is 5.92. The maximum absolute atomic E-state index is 11.8. The lowest BCUT2D eigenvalue weighted by molar-refractivity contribution is -0.119. The minimum atomic E-state index is 0.0512. The number of hydrogen-bond donors (Lipinski definition) is 3. The summed E-state index contributed by atoms with van der Waals surface area (Å²) >= 11 is 0. The van der Waals surface area contributed by atoms with Crippen molar-refractivity contribution < 1.29 is 4.79 Å². The van der Waals surface area contributed by atoms with Gasteiger partial charge in [0.2, 0.25) is 5.91 Å². The molecule has 5 heteroatoms. The zero-order chi connectivity index (χ0) is 10.8. The second-order valence-electron chi connectivity index (χ2n) is 4.19. The zero-order valence-electron chi connectivity index (χ0n) is 8.79. The Bertz CT molecular complexity index is 360. The number of aromatic amines is 1. The molecule has 1 aliphatic rings. The fraction of sp³-hybridized carbons (Fsp3) is 0.600. The van der Waals surface area contributed by atoms with Crippen molar-refractivity contribution >= 4 is 11.7 Å². The summed E-state index contributed by atoms with van der Waals surface area (Å²) in [5, 5.41) is 9.45. The summed E-state index contributed by atoms with van der Waals surface area (Å²) in [6.45, 7) is 1.90.